The van der Waals surface area contributed by atoms with Crippen LogP contribution in [-0.4, -0.2) is 168 Å². The van der Waals surface area contributed by atoms with Crippen LogP contribution in [0.15, 0.2) is 121 Å². The number of aromatic nitrogens is 4. The van der Waals surface area contributed by atoms with Crippen molar-refractivity contribution in [3.63, 3.8) is 0 Å². The molecule has 4 saturated heterocycles. The zero-order valence-corrected chi connectivity index (χ0v) is 81.8. The van der Waals surface area contributed by atoms with Gasteiger partial charge in [0.2, 0.25) is 0 Å². The number of aromatic amines is 4. The van der Waals surface area contributed by atoms with E-state index in [1.807, 2.05) is 122 Å². The van der Waals surface area contributed by atoms with Crippen LogP contribution in [0.3, 0.4) is 0 Å². The summed E-state index contributed by atoms with van der Waals surface area (Å²) in [5.74, 6) is -31.4. The van der Waals surface area contributed by atoms with Crippen LogP contribution in [0, 0.1) is 94.0 Å². The van der Waals surface area contributed by atoms with Gasteiger partial charge in [-0.2, -0.15) is 0 Å². The van der Waals surface area contributed by atoms with E-state index in [2.05, 4.69) is 41.8 Å². The molecule has 4 amide bonds. The second-order valence-corrected chi connectivity index (χ2v) is 50.5. The third-order valence-corrected chi connectivity index (χ3v) is 45.9. The molecule has 4 aromatic heterocycles. The van der Waals surface area contributed by atoms with Gasteiger partial charge in [0.25, 0.3) is 0 Å². The zero-order chi connectivity index (χ0) is 102. The van der Waals surface area contributed by atoms with Crippen molar-refractivity contribution in [1.29, 1.82) is 10.5 Å². The molecule has 42 heteroatoms. The average Bonchev–Trinajstić information content (AvgIpc) is 1.48. The molecule has 2 spiro atoms. The number of carbonyl (C=O) groups excluding carboxylic acids is 6. The topological polar surface area (TPSA) is 346 Å². The van der Waals surface area contributed by atoms with Gasteiger partial charge in [0.1, 0.15) is 13.2 Å². The van der Waals surface area contributed by atoms with Gasteiger partial charge in [-0.15, -0.1) is 0 Å². The van der Waals surface area contributed by atoms with E-state index in [1.54, 1.807) is 46.2 Å². The summed E-state index contributed by atoms with van der Waals surface area (Å²) in [5, 5.41) is 22.5. The summed E-state index contributed by atoms with van der Waals surface area (Å²) in [6.45, 7) is 36.8. The molecule has 142 heavy (non-hydrogen) atoms. The Morgan fingerprint density at radius 1 is 0.380 bits per heavy atom. The molecule has 0 aliphatic carbocycles. The second kappa shape index (κ2) is 33.5. The first-order chi connectivity index (χ1) is 67.0. The summed E-state index contributed by atoms with van der Waals surface area (Å²) < 4.78 is 222. The number of nitriles is 2. The molecular weight excluding hydrogens is 2000 g/mol. The third kappa shape index (κ3) is 14.8. The van der Waals surface area contributed by atoms with E-state index in [-0.39, 0.29) is 81.3 Å². The summed E-state index contributed by atoms with van der Waals surface area (Å²) in [6, 6.07) is 38.7. The normalized spacial score (nSPS) is 22.7. The second-order valence-electron chi connectivity index (χ2n) is 38.6. The summed E-state index contributed by atoms with van der Waals surface area (Å²) in [4.78, 5) is 110. The fourth-order valence-corrected chi connectivity index (χ4v) is 42.8. The van der Waals surface area contributed by atoms with Crippen LogP contribution in [0.25, 0.3) is 53.3 Å². The standard InChI is InChI=1S/C52H42AsF5N8O9.C48H46AsF5N4O9/c1-49(16-18-59)50(2,17-19-60)73-53(72-49,74-51(3,26-61-5)52(4,75-53)27-62-6)33-24-35-32(23-37(64-35)47(68)71-45-42(57)40(55)39(54)41(56)43(45)58)30-15-21-66(44(30)33)46(67)36-22-31-29-14-20-65(38(29)13-12-34(31)63-36)48(69)70-25-28-10-8-7-9-11-28;1-45(2)46(3,4)65-49(64-45,66-47(5,6)48(7,8)67-49)29-22-31-28(21-33(56-31)43(60)63-41-38(53)36(51)35(50)37(52)39(41)54)26-17-19-58(40(26)29)42(59)32-20-27-25-16-18-57(34(25)15-14-30(27)55-32)44(61)62-23-24-12-10-9-11-13-24/h7-13,22-24,63-64H,14-17,20-21,25-27H2,1-4H3;9-15,20-22,55-56H,16-19,23H2,1-8H3. The molecule has 8 aromatic carbocycles. The Balaban J connectivity index is 0.000000181. The van der Waals surface area contributed by atoms with Crippen LogP contribution in [0.1, 0.15) is 171 Å². The van der Waals surface area contributed by atoms with E-state index in [0.29, 0.717) is 75.9 Å². The van der Waals surface area contributed by atoms with E-state index >= 15 is 9.59 Å². The number of rotatable bonds is 16. The predicted molar refractivity (Wildman–Crippen MR) is 494 cm³/mol. The zero-order valence-electron chi connectivity index (χ0n) is 78.0. The number of fused-ring (bicyclic) bond motifs is 12. The molecule has 8 aliphatic rings. The van der Waals surface area contributed by atoms with Gasteiger partial charge >= 0.3 is 726 Å². The van der Waals surface area contributed by atoms with Crippen molar-refractivity contribution in [3.05, 3.63) is 258 Å². The number of hydrogen-bond donors (Lipinski definition) is 4. The van der Waals surface area contributed by atoms with Crippen molar-refractivity contribution >= 4 is 139 Å². The number of H-pyrrole nitrogens is 4. The van der Waals surface area contributed by atoms with E-state index < -0.39 is 215 Å². The van der Waals surface area contributed by atoms with Crippen LogP contribution in [0.4, 0.5) is 76.2 Å². The van der Waals surface area contributed by atoms with E-state index in [0.717, 1.165) is 27.6 Å². The number of halogens is 10. The van der Waals surface area contributed by atoms with Crippen LogP contribution in [-0.2, 0) is 78.2 Å². The molecule has 30 nitrogen and oxygen atoms in total. The number of ether oxygens (including phenoxy) is 4. The molecule has 0 bridgehead atoms. The van der Waals surface area contributed by atoms with Crippen LogP contribution in [0.2, 0.25) is 0 Å². The molecule has 4 N–H and O–H groups in total. The van der Waals surface area contributed by atoms with Gasteiger partial charge in [-0.3, -0.25) is 0 Å². The number of nitrogens with zero attached hydrogens (tertiary/aromatic N) is 8. The molecule has 4 unspecified atom stereocenters. The molecule has 12 heterocycles. The Bertz CT molecular complexity index is 7430. The minimum atomic E-state index is -6.78. The number of amides is 4. The predicted octanol–water partition coefficient (Wildman–Crippen LogP) is 18.1. The summed E-state index contributed by atoms with van der Waals surface area (Å²) >= 11 is -12.8. The molecule has 736 valence electrons. The van der Waals surface area contributed by atoms with Gasteiger partial charge < -0.3 is 0 Å². The maximum absolute atomic E-state index is 15.4. The number of carbonyl (C=O) groups is 6. The van der Waals surface area contributed by atoms with Crippen LogP contribution < -0.4 is 37.8 Å². The number of anilines is 4. The third-order valence-electron chi connectivity index (χ3n) is 28.7. The van der Waals surface area contributed by atoms with Crippen LogP contribution in [0.5, 0.6) is 11.5 Å². The number of esters is 2. The maximum atomic E-state index is 15.4. The Kier molecular flexibility index (Phi) is 23.0. The van der Waals surface area contributed by atoms with E-state index in [9.17, 15) is 73.6 Å². The minimum absolute atomic E-state index is 0.00891. The SMILES string of the molecule is CC1(C)O[As]2(c3cc4[nH]c(C(=O)Oc5c(F)c(F)c(F)c(F)c5F)cc4c4c3N(C(=O)c3cc5c6c(ccc5[nH]3)N(C(=O)OCc3ccccc3)CC6)CC4)(OC1(C)C)OC(C)(C)C(C)(C)O2.[C-]#[N+]CC1(C)O[As]2(c3cc4[nH]c(C(=O)Oc5c(F)c(F)c(F)c(F)c5F)cc4c4c3N(C(=O)c3cc5c6c(ccc5[nH]3)N(C(=O)OCc3ccccc3)CC6)CC4)(OC(C)(CC#N)C(C)(CC#N)O2)OC1(C)C[N+]#[C-]. The number of benzene rings is 8. The first-order valence-corrected chi connectivity index (χ1v) is 52.9. The van der Waals surface area contributed by atoms with E-state index in [1.165, 1.54) is 55.7 Å². The monoisotopic (exact) mass is 2080 g/mol. The van der Waals surface area contributed by atoms with Crippen molar-refractivity contribution in [2.24, 2.45) is 0 Å². The van der Waals surface area contributed by atoms with E-state index in [4.69, 9.17) is 61.9 Å². The molecule has 4 fully saturated rings. The summed E-state index contributed by atoms with van der Waals surface area (Å²) in [7, 11) is 0. The number of nitrogens with one attached hydrogen (secondary N) is 4. The van der Waals surface area contributed by atoms with Gasteiger partial charge in [0, 0.05) is 0 Å². The van der Waals surface area contributed by atoms with Gasteiger partial charge in [-0.25, -0.2) is 0 Å². The van der Waals surface area contributed by atoms with Crippen molar-refractivity contribution in [1.82, 2.24) is 19.9 Å². The Labute approximate surface area is 806 Å². The molecule has 0 saturated carbocycles. The first-order valence-electron chi connectivity index (χ1n) is 44.9. The van der Waals surface area contributed by atoms with Crippen molar-refractivity contribution in [2.45, 2.75) is 180 Å². The van der Waals surface area contributed by atoms with Gasteiger partial charge in [-0.1, -0.05) is 60.7 Å². The molecule has 8 aliphatic heterocycles. The fourth-order valence-electron chi connectivity index (χ4n) is 19.8. The Morgan fingerprint density at radius 2 is 0.676 bits per heavy atom. The number of hydrogen-bond acceptors (Lipinski definition) is 20. The molecule has 0 radical (unpaired) electrons. The molecule has 12 aromatic rings. The Hall–Kier alpha value is -13.6. The van der Waals surface area contributed by atoms with Gasteiger partial charge in [-0.05, 0) is 11.1 Å². The quantitative estimate of drug-likeness (QED) is 0.0133. The van der Waals surface area contributed by atoms with Crippen LogP contribution >= 0.6 is 0 Å². The van der Waals surface area contributed by atoms with Crippen molar-refractivity contribution in [3.8, 4) is 23.6 Å². The summed E-state index contributed by atoms with van der Waals surface area (Å²) in [6.07, 6.45) is -0.754. The molecular formula is C100H88As2F10N12O18. The fraction of sp³-hybridized carbons (Fsp3) is 0.340. The van der Waals surface area contributed by atoms with Gasteiger partial charge in [0.05, 0.1) is 0 Å². The Morgan fingerprint density at radius 3 is 1.01 bits per heavy atom. The van der Waals surface area contributed by atoms with Gasteiger partial charge in [0.15, 0.2) is 0 Å². The first kappa shape index (κ1) is 97.2. The molecule has 4 atom stereocenters. The average molecular weight is 2090 g/mol. The van der Waals surface area contributed by atoms with Crippen molar-refractivity contribution < 1.29 is 121 Å². The molecule has 20 rings (SSSR count). The summed E-state index contributed by atoms with van der Waals surface area (Å²) in [5.41, 5.74) is -4.67. The van der Waals surface area contributed by atoms with Crippen molar-refractivity contribution in [2.75, 3.05) is 58.9 Å².